The third-order valence-corrected chi connectivity index (χ3v) is 14.2. The molecule has 0 saturated carbocycles. The Morgan fingerprint density at radius 2 is 1.60 bits per heavy atom. The molecule has 1 aliphatic heterocycles. The highest BCUT2D eigenvalue weighted by atomic mass is 32.2. The van der Waals surface area contributed by atoms with E-state index in [1.165, 1.54) is 14.9 Å². The minimum Gasteiger partial charge on any atom is -0.406 e. The number of carbonyl (C=O) groups is 1. The average molecular weight is 611 g/mol. The minimum atomic E-state index is -2.76. The highest BCUT2D eigenvalue weighted by Crippen LogP contribution is 2.44. The number of hydrogen-bond acceptors (Lipinski definition) is 6. The van der Waals surface area contributed by atoms with Crippen LogP contribution in [-0.2, 0) is 4.43 Å². The first-order valence-electron chi connectivity index (χ1n) is 14.1. The normalized spacial score (nSPS) is 18.5. The molecule has 0 bridgehead atoms. The van der Waals surface area contributed by atoms with Crippen molar-refractivity contribution in [2.24, 2.45) is 5.11 Å². The van der Waals surface area contributed by atoms with Gasteiger partial charge in [0.15, 0.2) is 0 Å². The summed E-state index contributed by atoms with van der Waals surface area (Å²) in [7, 11) is -2.76. The lowest BCUT2D eigenvalue weighted by Gasteiger charge is -2.43. The highest BCUT2D eigenvalue weighted by Gasteiger charge is 2.51. The summed E-state index contributed by atoms with van der Waals surface area (Å²) in [6.07, 6.45) is 2.15. The summed E-state index contributed by atoms with van der Waals surface area (Å²) >= 11 is 1.55. The van der Waals surface area contributed by atoms with Crippen LogP contribution in [0.3, 0.4) is 0 Å². The molecule has 0 spiro atoms. The van der Waals surface area contributed by atoms with E-state index in [0.29, 0.717) is 18.6 Å². The second kappa shape index (κ2) is 13.0. The number of amides is 1. The molecule has 1 aromatic heterocycles. The maximum absolute atomic E-state index is 13.1. The summed E-state index contributed by atoms with van der Waals surface area (Å²) in [6.45, 7) is 7.13. The zero-order valence-electron chi connectivity index (χ0n) is 24.3. The summed E-state index contributed by atoms with van der Waals surface area (Å²) < 4.78 is 8.61. The average Bonchev–Trinajstić information content (AvgIpc) is 3.41. The molecule has 11 heteroatoms. The molecule has 0 unspecified atom stereocenters. The number of nitrogens with one attached hydrogen (secondary N) is 1. The Labute approximate surface area is 256 Å². The molecule has 3 atom stereocenters. The Morgan fingerprint density at radius 3 is 2.14 bits per heavy atom. The second-order valence-corrected chi connectivity index (χ2v) is 17.2. The van der Waals surface area contributed by atoms with Gasteiger partial charge < -0.3 is 9.74 Å². The van der Waals surface area contributed by atoms with Crippen LogP contribution < -0.4 is 21.4 Å². The van der Waals surface area contributed by atoms with E-state index in [1.54, 1.807) is 48.3 Å². The molecule has 0 radical (unpaired) electrons. The summed E-state index contributed by atoms with van der Waals surface area (Å²) in [5, 5.41) is 8.45. The molecule has 9 nitrogen and oxygen atoms in total. The van der Waals surface area contributed by atoms with E-state index in [4.69, 9.17) is 4.43 Å². The largest absolute Gasteiger partial charge is 0.406 e. The highest BCUT2D eigenvalue weighted by molar-refractivity contribution is 8.00. The molecule has 43 heavy (non-hydrogen) atoms. The third-order valence-electron chi connectivity index (χ3n) is 7.65. The fourth-order valence-electron chi connectivity index (χ4n) is 5.69. The van der Waals surface area contributed by atoms with Gasteiger partial charge in [0.1, 0.15) is 5.82 Å². The first-order chi connectivity index (χ1) is 20.7. The monoisotopic (exact) mass is 610 g/mol. The van der Waals surface area contributed by atoms with Crippen molar-refractivity contribution in [1.29, 1.82) is 0 Å². The van der Waals surface area contributed by atoms with Crippen LogP contribution in [0.4, 0.5) is 5.82 Å². The van der Waals surface area contributed by atoms with Gasteiger partial charge in [-0.05, 0) is 45.6 Å². The lowest BCUT2D eigenvalue weighted by molar-refractivity contribution is 0.102. The molecule has 1 saturated heterocycles. The van der Waals surface area contributed by atoms with Gasteiger partial charge >= 0.3 is 5.69 Å². The number of aromatic nitrogens is 2. The summed E-state index contributed by atoms with van der Waals surface area (Å²) in [6, 6.07) is 30.7. The van der Waals surface area contributed by atoms with Gasteiger partial charge in [-0.25, -0.2) is 4.79 Å². The zero-order valence-corrected chi connectivity index (χ0v) is 26.1. The fourth-order valence-corrected chi connectivity index (χ4v) is 11.9. The maximum atomic E-state index is 13.1. The number of benzene rings is 3. The molecule has 1 N–H and O–H groups in total. The van der Waals surface area contributed by atoms with Gasteiger partial charge in [0.25, 0.3) is 14.2 Å². The van der Waals surface area contributed by atoms with Crippen LogP contribution in [0.1, 0.15) is 42.9 Å². The first-order valence-corrected chi connectivity index (χ1v) is 17.0. The standard InChI is InChI=1S/C32H34N6O3SSi/c1-32(2,3)43(25-15-9-5-10-16-25,26-17-11-6-12-18-26)41-22-24-21-27(36-37-33)30(42-24)38-20-19-28(35-31(38)40)34-29(39)23-13-7-4-8-14-23/h4-20,24,27,30H,21-22H2,1-3H3,(H,34,35,39,40)/t24-,27+,30+/m1/s1. The molecule has 1 amide bonds. The summed E-state index contributed by atoms with van der Waals surface area (Å²) in [5.41, 5.74) is 9.27. The molecule has 5 rings (SSSR count). The first kappa shape index (κ1) is 30.3. The van der Waals surface area contributed by atoms with Gasteiger partial charge in [-0.3, -0.25) is 9.36 Å². The van der Waals surface area contributed by atoms with Gasteiger partial charge in [-0.15, -0.1) is 11.8 Å². The van der Waals surface area contributed by atoms with Gasteiger partial charge in [0.05, 0.1) is 11.4 Å². The van der Waals surface area contributed by atoms with Crippen molar-refractivity contribution in [3.05, 3.63) is 130 Å². The number of rotatable bonds is 9. The molecule has 2 heterocycles. The van der Waals surface area contributed by atoms with Crippen molar-refractivity contribution in [3.63, 3.8) is 0 Å². The second-order valence-electron chi connectivity index (χ2n) is 11.5. The van der Waals surface area contributed by atoms with Gasteiger partial charge in [0, 0.05) is 28.5 Å². The maximum Gasteiger partial charge on any atom is 0.350 e. The molecule has 220 valence electrons. The van der Waals surface area contributed by atoms with Crippen LogP contribution in [0.15, 0.2) is 113 Å². The van der Waals surface area contributed by atoms with E-state index in [-0.39, 0.29) is 22.0 Å². The quantitative estimate of drug-likeness (QED) is 0.112. The van der Waals surface area contributed by atoms with Gasteiger partial charge in [-0.1, -0.05) is 105 Å². The van der Waals surface area contributed by atoms with E-state index in [9.17, 15) is 15.1 Å². The van der Waals surface area contributed by atoms with Crippen molar-refractivity contribution in [2.45, 2.75) is 48.9 Å². The smallest absolute Gasteiger partial charge is 0.350 e. The fraction of sp³-hybridized carbons (Fsp3) is 0.281. The lowest BCUT2D eigenvalue weighted by Crippen LogP contribution is -2.67. The van der Waals surface area contributed by atoms with E-state index in [1.807, 2.05) is 18.2 Å². The van der Waals surface area contributed by atoms with Crippen molar-refractivity contribution in [1.82, 2.24) is 9.55 Å². The Hall–Kier alpha value is -4.15. The topological polar surface area (TPSA) is 122 Å². The van der Waals surface area contributed by atoms with Crippen LogP contribution in [0.25, 0.3) is 10.4 Å². The number of nitrogens with zero attached hydrogens (tertiary/aromatic N) is 5. The van der Waals surface area contributed by atoms with Crippen LogP contribution in [0.2, 0.25) is 5.04 Å². The molecule has 1 aliphatic rings. The zero-order chi connectivity index (χ0) is 30.5. The Balaban J connectivity index is 1.39. The molecule has 3 aromatic carbocycles. The lowest BCUT2D eigenvalue weighted by atomic mass is 10.2. The molecular formula is C32H34N6O3SSi. The molecule has 4 aromatic rings. The predicted octanol–water partition coefficient (Wildman–Crippen LogP) is 5.76. The Bertz CT molecular complexity index is 1620. The van der Waals surface area contributed by atoms with E-state index in [2.05, 4.69) is 89.6 Å². The Kier molecular flexibility index (Phi) is 9.17. The van der Waals surface area contributed by atoms with Crippen molar-refractivity contribution >= 4 is 42.2 Å². The molecule has 1 fully saturated rings. The minimum absolute atomic E-state index is 0.0218. The van der Waals surface area contributed by atoms with Gasteiger partial charge in [0.2, 0.25) is 0 Å². The SMILES string of the molecule is CC(C)(C)[Si](OC[C@H]1C[C@H](N=[N+]=[N-])[C@@H](n2ccc(NC(=O)c3ccccc3)nc2=O)S1)(c1ccccc1)c1ccccc1. The number of azide groups is 1. The van der Waals surface area contributed by atoms with Crippen molar-refractivity contribution in [2.75, 3.05) is 11.9 Å². The third kappa shape index (κ3) is 6.45. The number of carbonyl (C=O) groups excluding carboxylic acids is 1. The van der Waals surface area contributed by atoms with Crippen molar-refractivity contribution in [3.8, 4) is 0 Å². The van der Waals surface area contributed by atoms with Crippen LogP contribution in [0.5, 0.6) is 0 Å². The van der Waals surface area contributed by atoms with E-state index in [0.717, 1.165) is 0 Å². The predicted molar refractivity (Wildman–Crippen MR) is 174 cm³/mol. The number of hydrogen-bond donors (Lipinski definition) is 1. The Morgan fingerprint density at radius 1 is 1.02 bits per heavy atom. The number of anilines is 1. The molecule has 0 aliphatic carbocycles. The molecular weight excluding hydrogens is 577 g/mol. The van der Waals surface area contributed by atoms with Crippen LogP contribution >= 0.6 is 11.8 Å². The summed E-state index contributed by atoms with van der Waals surface area (Å²) in [5.74, 6) is -0.196. The van der Waals surface area contributed by atoms with E-state index < -0.39 is 25.4 Å². The van der Waals surface area contributed by atoms with Crippen LogP contribution in [0, 0.1) is 0 Å². The van der Waals surface area contributed by atoms with E-state index >= 15 is 0 Å². The summed E-state index contributed by atoms with van der Waals surface area (Å²) in [4.78, 5) is 32.9. The van der Waals surface area contributed by atoms with Crippen molar-refractivity contribution < 1.29 is 9.22 Å². The number of thioether (sulfide) groups is 1. The van der Waals surface area contributed by atoms with Gasteiger partial charge in [-0.2, -0.15) is 4.98 Å². The van der Waals surface area contributed by atoms with Crippen LogP contribution in [-0.4, -0.2) is 41.7 Å².